The molecule has 1 unspecified atom stereocenters. The van der Waals surface area contributed by atoms with Crippen molar-refractivity contribution in [3.63, 3.8) is 0 Å². The van der Waals surface area contributed by atoms with Crippen LogP contribution in [-0.4, -0.2) is 39.2 Å². The quantitative estimate of drug-likeness (QED) is 0.416. The maximum Gasteiger partial charge on any atom is 0.419 e. The smallest absolute Gasteiger partial charge is 0.419 e. The van der Waals surface area contributed by atoms with Gasteiger partial charge in [0.15, 0.2) is 5.58 Å². The number of carbonyl (C=O) groups is 3. The van der Waals surface area contributed by atoms with Gasteiger partial charge in [0, 0.05) is 13.5 Å². The van der Waals surface area contributed by atoms with Gasteiger partial charge in [0.25, 0.3) is 0 Å². The van der Waals surface area contributed by atoms with Crippen LogP contribution < -0.4 is 22.1 Å². The Kier molecular flexibility index (Phi) is 6.14. The number of fused-ring (bicyclic) bond motifs is 1. The molecule has 178 valence electrons. The number of rotatable bonds is 7. The summed E-state index contributed by atoms with van der Waals surface area (Å²) in [5.41, 5.74) is 8.04. The fourth-order valence-electron chi connectivity index (χ4n) is 4.49. The molecule has 1 fully saturated rings. The predicted octanol–water partition coefficient (Wildman–Crippen LogP) is 1.89. The van der Waals surface area contributed by atoms with E-state index < -0.39 is 35.2 Å². The van der Waals surface area contributed by atoms with Crippen molar-refractivity contribution < 1.29 is 23.9 Å². The summed E-state index contributed by atoms with van der Waals surface area (Å²) in [5, 5.41) is 14.1. The van der Waals surface area contributed by atoms with E-state index in [-0.39, 0.29) is 6.42 Å². The molecule has 1 heterocycles. The number of nitrogens with two attached hydrogens (primary N) is 1. The Labute approximate surface area is 194 Å². The number of hydrogen-bond acceptors (Lipinski definition) is 5. The molecule has 1 aliphatic rings. The molecule has 0 aliphatic heterocycles. The second-order valence-corrected chi connectivity index (χ2v) is 8.66. The molecular formula is C24H26N4O6. The summed E-state index contributed by atoms with van der Waals surface area (Å²) in [5.74, 6) is -1.67. The lowest BCUT2D eigenvalue weighted by Gasteiger charge is -2.29. The molecule has 0 spiro atoms. The van der Waals surface area contributed by atoms with Gasteiger partial charge in [0.1, 0.15) is 11.6 Å². The maximum absolute atomic E-state index is 12.9. The first-order valence-corrected chi connectivity index (χ1v) is 11.0. The van der Waals surface area contributed by atoms with Crippen molar-refractivity contribution in [2.75, 3.05) is 0 Å². The SMILES string of the molecule is Cn1c(=O)oc2ccc(-c3ccc(CC(NC(=O)C4(NC(=O)O)CCCC4)C(N)=O)cc3)cc21. The van der Waals surface area contributed by atoms with Crippen LogP contribution in [0.2, 0.25) is 0 Å². The highest BCUT2D eigenvalue weighted by Gasteiger charge is 2.43. The maximum atomic E-state index is 12.9. The lowest BCUT2D eigenvalue weighted by Crippen LogP contribution is -2.60. The third-order valence-electron chi connectivity index (χ3n) is 6.41. The van der Waals surface area contributed by atoms with E-state index in [0.717, 1.165) is 29.5 Å². The third-order valence-corrected chi connectivity index (χ3v) is 6.41. The van der Waals surface area contributed by atoms with Gasteiger partial charge in [-0.15, -0.1) is 0 Å². The van der Waals surface area contributed by atoms with E-state index in [1.54, 1.807) is 13.1 Å². The molecule has 34 heavy (non-hydrogen) atoms. The van der Waals surface area contributed by atoms with Crippen LogP contribution >= 0.6 is 0 Å². The summed E-state index contributed by atoms with van der Waals surface area (Å²) in [6.45, 7) is 0. The first kappa shape index (κ1) is 23.1. The zero-order chi connectivity index (χ0) is 24.5. The Hall–Kier alpha value is -4.08. The molecule has 2 aromatic carbocycles. The van der Waals surface area contributed by atoms with Crippen LogP contribution in [0.25, 0.3) is 22.2 Å². The van der Waals surface area contributed by atoms with E-state index >= 15 is 0 Å². The lowest BCUT2D eigenvalue weighted by atomic mass is 9.95. The number of aromatic nitrogens is 1. The largest absolute Gasteiger partial charge is 0.465 e. The first-order valence-electron chi connectivity index (χ1n) is 11.0. The topological polar surface area (TPSA) is 157 Å². The number of nitrogens with one attached hydrogen (secondary N) is 2. The summed E-state index contributed by atoms with van der Waals surface area (Å²) < 4.78 is 6.60. The fraction of sp³-hybridized carbons (Fsp3) is 0.333. The van der Waals surface area contributed by atoms with Crippen molar-refractivity contribution in [3.8, 4) is 11.1 Å². The predicted molar refractivity (Wildman–Crippen MR) is 124 cm³/mol. The molecule has 0 saturated heterocycles. The molecular weight excluding hydrogens is 440 g/mol. The summed E-state index contributed by atoms with van der Waals surface area (Å²) in [4.78, 5) is 47.9. The second kappa shape index (κ2) is 9.05. The number of oxazole rings is 1. The minimum absolute atomic E-state index is 0.166. The minimum atomic E-state index is -1.28. The van der Waals surface area contributed by atoms with Crippen molar-refractivity contribution in [2.24, 2.45) is 12.8 Å². The first-order chi connectivity index (χ1) is 16.2. The van der Waals surface area contributed by atoms with Crippen molar-refractivity contribution in [1.29, 1.82) is 0 Å². The van der Waals surface area contributed by atoms with E-state index in [9.17, 15) is 19.2 Å². The number of benzene rings is 2. The van der Waals surface area contributed by atoms with E-state index in [1.165, 1.54) is 4.57 Å². The van der Waals surface area contributed by atoms with Crippen LogP contribution in [-0.2, 0) is 23.1 Å². The number of carbonyl (C=O) groups excluding carboxylic acids is 2. The number of amides is 3. The molecule has 10 nitrogen and oxygen atoms in total. The van der Waals surface area contributed by atoms with Crippen LogP contribution in [0.3, 0.4) is 0 Å². The molecule has 3 aromatic rings. The van der Waals surface area contributed by atoms with Gasteiger partial charge in [0.05, 0.1) is 5.52 Å². The minimum Gasteiger partial charge on any atom is -0.465 e. The normalized spacial score (nSPS) is 15.7. The van der Waals surface area contributed by atoms with Gasteiger partial charge in [0.2, 0.25) is 11.8 Å². The van der Waals surface area contributed by atoms with Gasteiger partial charge in [-0.1, -0.05) is 43.2 Å². The standard InChI is InChI=1S/C24H26N4O6/c1-28-18-13-16(8-9-19(18)34-23(28)33)15-6-4-14(5-7-15)12-17(20(25)29)26-21(30)24(27-22(31)32)10-2-3-11-24/h4-9,13,17,27H,2-3,10-12H2,1H3,(H2,25,29)(H,26,30)(H,31,32). The monoisotopic (exact) mass is 466 g/mol. The Morgan fingerprint density at radius 3 is 2.38 bits per heavy atom. The Morgan fingerprint density at radius 1 is 1.12 bits per heavy atom. The average molecular weight is 466 g/mol. The zero-order valence-corrected chi connectivity index (χ0v) is 18.7. The van der Waals surface area contributed by atoms with Crippen LogP contribution in [0.5, 0.6) is 0 Å². The molecule has 1 atom stereocenters. The third kappa shape index (κ3) is 4.52. The van der Waals surface area contributed by atoms with Gasteiger partial charge < -0.3 is 25.9 Å². The van der Waals surface area contributed by atoms with Crippen LogP contribution in [0.4, 0.5) is 4.79 Å². The zero-order valence-electron chi connectivity index (χ0n) is 18.7. The van der Waals surface area contributed by atoms with Gasteiger partial charge in [-0.05, 0) is 41.7 Å². The number of nitrogens with zero attached hydrogens (tertiary/aromatic N) is 1. The number of primary amides is 1. The highest BCUT2D eigenvalue weighted by molar-refractivity contribution is 5.94. The molecule has 1 saturated carbocycles. The Bertz CT molecular complexity index is 1300. The molecule has 0 radical (unpaired) electrons. The molecule has 1 aliphatic carbocycles. The number of carboxylic acid groups (broad SMARTS) is 1. The van der Waals surface area contributed by atoms with Crippen LogP contribution in [0, 0.1) is 0 Å². The van der Waals surface area contributed by atoms with Crippen LogP contribution in [0.15, 0.2) is 51.7 Å². The van der Waals surface area contributed by atoms with Gasteiger partial charge in [-0.3, -0.25) is 14.2 Å². The fourth-order valence-corrected chi connectivity index (χ4v) is 4.49. The average Bonchev–Trinajstić information content (AvgIpc) is 3.38. The van der Waals surface area contributed by atoms with Gasteiger partial charge in [-0.2, -0.15) is 0 Å². The van der Waals surface area contributed by atoms with Crippen molar-refractivity contribution >= 4 is 29.0 Å². The molecule has 1 aromatic heterocycles. The van der Waals surface area contributed by atoms with Crippen LogP contribution in [0.1, 0.15) is 31.2 Å². The van der Waals surface area contributed by atoms with Gasteiger partial charge >= 0.3 is 11.8 Å². The molecule has 0 bridgehead atoms. The van der Waals surface area contributed by atoms with E-state index in [4.69, 9.17) is 15.3 Å². The number of hydrogen-bond donors (Lipinski definition) is 4. The summed E-state index contributed by atoms with van der Waals surface area (Å²) in [6.07, 6.45) is 1.07. The Morgan fingerprint density at radius 2 is 1.76 bits per heavy atom. The lowest BCUT2D eigenvalue weighted by molar-refractivity contribution is -0.131. The van der Waals surface area contributed by atoms with Crippen molar-refractivity contribution in [2.45, 2.75) is 43.7 Å². The van der Waals surface area contributed by atoms with Crippen molar-refractivity contribution in [1.82, 2.24) is 15.2 Å². The summed E-state index contributed by atoms with van der Waals surface area (Å²) in [6, 6.07) is 11.9. The van der Waals surface area contributed by atoms with E-state index in [2.05, 4.69) is 10.6 Å². The summed E-state index contributed by atoms with van der Waals surface area (Å²) >= 11 is 0. The van der Waals surface area contributed by atoms with E-state index in [0.29, 0.717) is 23.9 Å². The van der Waals surface area contributed by atoms with Gasteiger partial charge in [-0.25, -0.2) is 9.59 Å². The van der Waals surface area contributed by atoms with Crippen molar-refractivity contribution in [3.05, 3.63) is 58.6 Å². The molecule has 5 N–H and O–H groups in total. The molecule has 4 rings (SSSR count). The van der Waals surface area contributed by atoms with E-state index in [1.807, 2.05) is 36.4 Å². The molecule has 3 amide bonds. The summed E-state index contributed by atoms with van der Waals surface area (Å²) in [7, 11) is 1.64. The second-order valence-electron chi connectivity index (χ2n) is 8.66. The highest BCUT2D eigenvalue weighted by Crippen LogP contribution is 2.30. The number of aryl methyl sites for hydroxylation is 1. The Balaban J connectivity index is 1.50. The highest BCUT2D eigenvalue weighted by atomic mass is 16.4. The molecule has 10 heteroatoms.